The van der Waals surface area contributed by atoms with E-state index in [0.717, 1.165) is 5.56 Å². The topological polar surface area (TPSA) is 92.4 Å². The second kappa shape index (κ2) is 6.33. The number of nitrogens with two attached hydrogens (primary N) is 1. The molecule has 1 atom stereocenters. The van der Waals surface area contributed by atoms with Crippen LogP contribution in [0.15, 0.2) is 30.3 Å². The molecule has 4 N–H and O–H groups in total. The summed E-state index contributed by atoms with van der Waals surface area (Å²) in [5.41, 5.74) is 5.60. The zero-order valence-corrected chi connectivity index (χ0v) is 11.2. The molecule has 0 aliphatic heterocycles. The van der Waals surface area contributed by atoms with Crippen molar-refractivity contribution in [2.75, 3.05) is 6.54 Å². The van der Waals surface area contributed by atoms with Crippen molar-refractivity contribution in [3.05, 3.63) is 35.9 Å². The molecule has 0 saturated heterocycles. The third kappa shape index (κ3) is 4.37. The minimum atomic E-state index is -0.959. The third-order valence-corrected chi connectivity index (χ3v) is 3.01. The van der Waals surface area contributed by atoms with Gasteiger partial charge in [0.05, 0.1) is 17.9 Å². The Morgan fingerprint density at radius 2 is 1.89 bits per heavy atom. The van der Waals surface area contributed by atoms with E-state index in [1.54, 1.807) is 26.0 Å². The van der Waals surface area contributed by atoms with E-state index in [4.69, 9.17) is 10.8 Å². The van der Waals surface area contributed by atoms with Crippen LogP contribution < -0.4 is 11.1 Å². The van der Waals surface area contributed by atoms with Gasteiger partial charge in [0.1, 0.15) is 0 Å². The summed E-state index contributed by atoms with van der Waals surface area (Å²) in [6, 6.07) is 8.51. The minimum Gasteiger partial charge on any atom is -0.481 e. The molecule has 5 nitrogen and oxygen atoms in total. The van der Waals surface area contributed by atoms with Crippen LogP contribution in [0.1, 0.15) is 31.9 Å². The lowest BCUT2D eigenvalue weighted by Gasteiger charge is -2.25. The van der Waals surface area contributed by atoms with E-state index in [1.165, 1.54) is 0 Å². The van der Waals surface area contributed by atoms with Crippen molar-refractivity contribution < 1.29 is 14.7 Å². The Hall–Kier alpha value is -1.88. The SMILES string of the molecule is CC(C)(CN)C(=O)NC(CC(=O)O)c1ccccc1. The second-order valence-corrected chi connectivity index (χ2v) is 5.12. The first kappa shape index (κ1) is 15.2. The number of carboxylic acid groups (broad SMARTS) is 1. The van der Waals surface area contributed by atoms with Gasteiger partial charge in [0.2, 0.25) is 5.91 Å². The summed E-state index contributed by atoms with van der Waals surface area (Å²) in [4.78, 5) is 23.0. The third-order valence-electron chi connectivity index (χ3n) is 3.01. The van der Waals surface area contributed by atoms with Crippen LogP contribution in [-0.2, 0) is 9.59 Å². The normalized spacial score (nSPS) is 12.8. The summed E-state index contributed by atoms with van der Waals surface area (Å²) in [7, 11) is 0. The maximum atomic E-state index is 12.1. The molecule has 0 aliphatic rings. The van der Waals surface area contributed by atoms with Crippen LogP contribution in [0.2, 0.25) is 0 Å². The molecule has 0 saturated carbocycles. The Labute approximate surface area is 112 Å². The second-order valence-electron chi connectivity index (χ2n) is 5.12. The smallest absolute Gasteiger partial charge is 0.305 e. The number of hydrogen-bond donors (Lipinski definition) is 3. The van der Waals surface area contributed by atoms with Gasteiger partial charge in [0, 0.05) is 6.54 Å². The molecule has 5 heteroatoms. The van der Waals surface area contributed by atoms with Gasteiger partial charge in [-0.2, -0.15) is 0 Å². The van der Waals surface area contributed by atoms with E-state index < -0.39 is 17.4 Å². The summed E-state index contributed by atoms with van der Waals surface area (Å²) < 4.78 is 0. The predicted octanol–water partition coefficient (Wildman–Crippen LogP) is 1.30. The van der Waals surface area contributed by atoms with Crippen LogP contribution in [0.3, 0.4) is 0 Å². The van der Waals surface area contributed by atoms with E-state index in [0.29, 0.717) is 0 Å². The van der Waals surface area contributed by atoms with Crippen LogP contribution in [0.25, 0.3) is 0 Å². The van der Waals surface area contributed by atoms with E-state index in [-0.39, 0.29) is 18.9 Å². The fourth-order valence-electron chi connectivity index (χ4n) is 1.56. The molecule has 104 valence electrons. The summed E-state index contributed by atoms with van der Waals surface area (Å²) in [5, 5.41) is 11.7. The highest BCUT2D eigenvalue weighted by Gasteiger charge is 2.28. The highest BCUT2D eigenvalue weighted by atomic mass is 16.4. The van der Waals surface area contributed by atoms with Gasteiger partial charge < -0.3 is 16.2 Å². The van der Waals surface area contributed by atoms with Gasteiger partial charge in [-0.25, -0.2) is 0 Å². The Bertz CT molecular complexity index is 443. The molecule has 1 aromatic carbocycles. The molecule has 0 aromatic heterocycles. The maximum Gasteiger partial charge on any atom is 0.305 e. The van der Waals surface area contributed by atoms with Crippen molar-refractivity contribution in [1.82, 2.24) is 5.32 Å². The lowest BCUT2D eigenvalue weighted by Crippen LogP contribution is -2.43. The summed E-state index contributed by atoms with van der Waals surface area (Å²) in [6.07, 6.45) is -0.156. The lowest BCUT2D eigenvalue weighted by atomic mass is 9.91. The van der Waals surface area contributed by atoms with Crippen LogP contribution in [-0.4, -0.2) is 23.5 Å². The average Bonchev–Trinajstić information content (AvgIpc) is 2.38. The van der Waals surface area contributed by atoms with E-state index >= 15 is 0 Å². The Balaban J connectivity index is 2.88. The van der Waals surface area contributed by atoms with Gasteiger partial charge in [-0.3, -0.25) is 9.59 Å². The molecule has 0 radical (unpaired) electrons. The van der Waals surface area contributed by atoms with Crippen molar-refractivity contribution in [2.24, 2.45) is 11.1 Å². The Kier molecular flexibility index (Phi) is 5.06. The molecule has 19 heavy (non-hydrogen) atoms. The number of rotatable bonds is 6. The number of carbonyl (C=O) groups is 2. The molecule has 0 spiro atoms. The highest BCUT2D eigenvalue weighted by molar-refractivity contribution is 5.83. The quantitative estimate of drug-likeness (QED) is 0.722. The first-order chi connectivity index (χ1) is 8.86. The van der Waals surface area contributed by atoms with Gasteiger partial charge in [-0.05, 0) is 19.4 Å². The molecule has 1 aromatic rings. The minimum absolute atomic E-state index is 0.156. The van der Waals surface area contributed by atoms with Crippen LogP contribution in [0.4, 0.5) is 0 Å². The Morgan fingerprint density at radius 3 is 2.37 bits per heavy atom. The van der Waals surface area contributed by atoms with Crippen LogP contribution in [0, 0.1) is 5.41 Å². The fraction of sp³-hybridized carbons (Fsp3) is 0.429. The van der Waals surface area contributed by atoms with Crippen molar-refractivity contribution in [3.8, 4) is 0 Å². The molecule has 1 rings (SSSR count). The molecule has 0 heterocycles. The lowest BCUT2D eigenvalue weighted by molar-refractivity contribution is -0.138. The monoisotopic (exact) mass is 264 g/mol. The van der Waals surface area contributed by atoms with Crippen LogP contribution in [0.5, 0.6) is 0 Å². The number of nitrogens with one attached hydrogen (secondary N) is 1. The van der Waals surface area contributed by atoms with Gasteiger partial charge in [-0.15, -0.1) is 0 Å². The van der Waals surface area contributed by atoms with Crippen molar-refractivity contribution in [2.45, 2.75) is 26.3 Å². The Morgan fingerprint density at radius 1 is 1.32 bits per heavy atom. The van der Waals surface area contributed by atoms with Gasteiger partial charge in [0.15, 0.2) is 0 Å². The molecule has 0 bridgehead atoms. The van der Waals surface area contributed by atoms with Crippen molar-refractivity contribution >= 4 is 11.9 Å². The fourth-order valence-corrected chi connectivity index (χ4v) is 1.56. The zero-order chi connectivity index (χ0) is 14.5. The first-order valence-electron chi connectivity index (χ1n) is 6.14. The number of hydrogen-bond acceptors (Lipinski definition) is 3. The van der Waals surface area contributed by atoms with Crippen LogP contribution >= 0.6 is 0 Å². The highest BCUT2D eigenvalue weighted by Crippen LogP contribution is 2.20. The molecule has 1 amide bonds. The maximum absolute atomic E-state index is 12.1. The number of aliphatic carboxylic acids is 1. The summed E-state index contributed by atoms with van der Waals surface area (Å²) in [6.45, 7) is 3.66. The zero-order valence-electron chi connectivity index (χ0n) is 11.2. The number of carbonyl (C=O) groups excluding carboxylic acids is 1. The largest absolute Gasteiger partial charge is 0.481 e. The molecule has 0 aliphatic carbocycles. The van der Waals surface area contributed by atoms with Crippen molar-refractivity contribution in [3.63, 3.8) is 0 Å². The average molecular weight is 264 g/mol. The van der Waals surface area contributed by atoms with Crippen molar-refractivity contribution in [1.29, 1.82) is 0 Å². The van der Waals surface area contributed by atoms with E-state index in [9.17, 15) is 9.59 Å². The summed E-state index contributed by atoms with van der Waals surface area (Å²) >= 11 is 0. The molecule has 1 unspecified atom stereocenters. The number of amides is 1. The summed E-state index contributed by atoms with van der Waals surface area (Å²) in [5.74, 6) is -1.20. The van der Waals surface area contributed by atoms with Gasteiger partial charge in [0.25, 0.3) is 0 Å². The molecule has 0 fully saturated rings. The number of benzene rings is 1. The number of carboxylic acids is 1. The van der Waals surface area contributed by atoms with E-state index in [2.05, 4.69) is 5.32 Å². The molecular weight excluding hydrogens is 244 g/mol. The standard InChI is InChI=1S/C14H20N2O3/c1-14(2,9-15)13(19)16-11(8-12(17)18)10-6-4-3-5-7-10/h3-7,11H,8-9,15H2,1-2H3,(H,16,19)(H,17,18). The molecular formula is C14H20N2O3. The van der Waals surface area contributed by atoms with E-state index in [1.807, 2.05) is 18.2 Å². The predicted molar refractivity (Wildman–Crippen MR) is 72.4 cm³/mol. The first-order valence-corrected chi connectivity index (χ1v) is 6.14. The van der Waals surface area contributed by atoms with Gasteiger partial charge >= 0.3 is 5.97 Å². The van der Waals surface area contributed by atoms with Gasteiger partial charge in [-0.1, -0.05) is 30.3 Å².